The van der Waals surface area contributed by atoms with Crippen molar-refractivity contribution in [3.63, 3.8) is 0 Å². The molecule has 0 bridgehead atoms. The van der Waals surface area contributed by atoms with E-state index in [4.69, 9.17) is 17.0 Å². The first-order chi connectivity index (χ1) is 11.9. The van der Waals surface area contributed by atoms with Gasteiger partial charge in [0.05, 0.1) is 11.3 Å². The second-order valence-electron chi connectivity index (χ2n) is 6.02. The third-order valence-corrected chi connectivity index (χ3v) is 4.97. The Hall–Kier alpha value is -1.70. The topological polar surface area (TPSA) is 49.9 Å². The molecule has 25 heavy (non-hydrogen) atoms. The molecule has 134 valence electrons. The second-order valence-corrected chi connectivity index (χ2v) is 7.69. The number of amides is 1. The Bertz CT molecular complexity index is 684. The van der Waals surface area contributed by atoms with Crippen molar-refractivity contribution >= 4 is 46.3 Å². The van der Waals surface area contributed by atoms with Crippen molar-refractivity contribution in [2.75, 3.05) is 33.8 Å². The van der Waals surface area contributed by atoms with Crippen LogP contribution in [0.15, 0.2) is 29.2 Å². The maximum absolute atomic E-state index is 12.5. The Labute approximate surface area is 158 Å². The summed E-state index contributed by atoms with van der Waals surface area (Å²) < 4.78 is 5.61. The number of esters is 1. The number of carbonyl (C=O) groups is 2. The van der Waals surface area contributed by atoms with E-state index < -0.39 is 0 Å². The third kappa shape index (κ3) is 5.95. The van der Waals surface area contributed by atoms with Crippen molar-refractivity contribution in [1.82, 2.24) is 9.80 Å². The number of carbonyl (C=O) groups excluding carboxylic acids is 2. The van der Waals surface area contributed by atoms with Gasteiger partial charge in [-0.15, -0.1) is 0 Å². The molecule has 1 fully saturated rings. The van der Waals surface area contributed by atoms with Crippen LogP contribution in [0.3, 0.4) is 0 Å². The molecule has 1 aromatic rings. The summed E-state index contributed by atoms with van der Waals surface area (Å²) in [5.74, 6) is -0.477. The molecule has 0 saturated carbocycles. The summed E-state index contributed by atoms with van der Waals surface area (Å²) in [6.07, 6.45) is 1.96. The Balaban J connectivity index is 1.90. The average Bonchev–Trinajstić information content (AvgIpc) is 2.81. The molecule has 0 N–H and O–H groups in total. The van der Waals surface area contributed by atoms with Crippen molar-refractivity contribution in [3.8, 4) is 0 Å². The lowest BCUT2D eigenvalue weighted by Crippen LogP contribution is -2.31. The quantitative estimate of drug-likeness (QED) is 0.413. The molecular formula is C18H22N2O3S2. The number of ether oxygens (including phenoxy) is 1. The summed E-state index contributed by atoms with van der Waals surface area (Å²) in [6.45, 7) is 3.28. The lowest BCUT2D eigenvalue weighted by Gasteiger charge is -2.14. The first-order valence-electron chi connectivity index (χ1n) is 7.99. The molecule has 0 radical (unpaired) electrons. The van der Waals surface area contributed by atoms with Gasteiger partial charge < -0.3 is 9.64 Å². The molecule has 0 aromatic heterocycles. The molecule has 0 unspecified atom stereocenters. The number of hydrogen-bond donors (Lipinski definition) is 0. The predicted molar refractivity (Wildman–Crippen MR) is 105 cm³/mol. The molecular weight excluding hydrogens is 356 g/mol. The van der Waals surface area contributed by atoms with Crippen LogP contribution in [0.1, 0.15) is 17.5 Å². The molecule has 1 aliphatic rings. The molecule has 0 spiro atoms. The molecule has 0 aliphatic carbocycles. The standard InChI is InChI=1S/C18H22N2O3S2/c1-13-4-6-14(7-5-13)12-15-17(22)20(18(24)25-15)9-8-16(21)23-11-10-19(2)3/h4-7,12H,8-11H2,1-3H3. The van der Waals surface area contributed by atoms with Crippen LogP contribution in [0.25, 0.3) is 6.08 Å². The minimum absolute atomic E-state index is 0.137. The summed E-state index contributed by atoms with van der Waals surface area (Å²) >= 11 is 6.54. The fraction of sp³-hybridized carbons (Fsp3) is 0.389. The lowest BCUT2D eigenvalue weighted by molar-refractivity contribution is -0.144. The van der Waals surface area contributed by atoms with Gasteiger partial charge in [-0.2, -0.15) is 0 Å². The fourth-order valence-corrected chi connectivity index (χ4v) is 3.43. The van der Waals surface area contributed by atoms with Crippen molar-refractivity contribution in [2.45, 2.75) is 13.3 Å². The van der Waals surface area contributed by atoms with Gasteiger partial charge in [-0.25, -0.2) is 0 Å². The summed E-state index contributed by atoms with van der Waals surface area (Å²) in [5.41, 5.74) is 2.12. The molecule has 1 saturated heterocycles. The number of aryl methyl sites for hydroxylation is 1. The van der Waals surface area contributed by atoms with E-state index in [1.165, 1.54) is 16.7 Å². The first-order valence-corrected chi connectivity index (χ1v) is 9.21. The van der Waals surface area contributed by atoms with Crippen molar-refractivity contribution in [1.29, 1.82) is 0 Å². The predicted octanol–water partition coefficient (Wildman–Crippen LogP) is 2.69. The van der Waals surface area contributed by atoms with Crippen LogP contribution in [0.4, 0.5) is 0 Å². The maximum Gasteiger partial charge on any atom is 0.307 e. The zero-order valence-electron chi connectivity index (χ0n) is 14.7. The van der Waals surface area contributed by atoms with Gasteiger partial charge >= 0.3 is 5.97 Å². The SMILES string of the molecule is Cc1ccc(C=C2SC(=S)N(CCC(=O)OCCN(C)C)C2=O)cc1. The van der Waals surface area contributed by atoms with E-state index in [0.29, 0.717) is 22.4 Å². The number of benzene rings is 1. The summed E-state index contributed by atoms with van der Waals surface area (Å²) in [5, 5.41) is 0. The normalized spacial score (nSPS) is 16.2. The number of likely N-dealkylation sites (N-methyl/N-ethyl adjacent to an activating group) is 1. The van der Waals surface area contributed by atoms with E-state index in [0.717, 1.165) is 11.1 Å². The van der Waals surface area contributed by atoms with E-state index in [-0.39, 0.29) is 24.8 Å². The van der Waals surface area contributed by atoms with Crippen molar-refractivity contribution in [2.24, 2.45) is 0 Å². The number of thioether (sulfide) groups is 1. The molecule has 1 heterocycles. The number of thiocarbonyl (C=S) groups is 1. The van der Waals surface area contributed by atoms with E-state index in [1.807, 2.05) is 56.3 Å². The third-order valence-electron chi connectivity index (χ3n) is 3.59. The van der Waals surface area contributed by atoms with Gasteiger partial charge in [-0.1, -0.05) is 53.8 Å². The monoisotopic (exact) mass is 378 g/mol. The Morgan fingerprint density at radius 2 is 2.00 bits per heavy atom. The van der Waals surface area contributed by atoms with Gasteiger partial charge in [0.2, 0.25) is 0 Å². The molecule has 1 amide bonds. The maximum atomic E-state index is 12.5. The number of rotatable bonds is 7. The van der Waals surface area contributed by atoms with Gasteiger partial charge in [0.25, 0.3) is 5.91 Å². The molecule has 1 aromatic carbocycles. The zero-order valence-corrected chi connectivity index (χ0v) is 16.3. The first kappa shape index (κ1) is 19.6. The second kappa shape index (κ2) is 9.12. The highest BCUT2D eigenvalue weighted by atomic mass is 32.2. The summed E-state index contributed by atoms with van der Waals surface area (Å²) in [4.78, 5) is 28.2. The summed E-state index contributed by atoms with van der Waals surface area (Å²) in [7, 11) is 3.82. The Morgan fingerprint density at radius 3 is 2.64 bits per heavy atom. The zero-order chi connectivity index (χ0) is 18.4. The fourth-order valence-electron chi connectivity index (χ4n) is 2.12. The van der Waals surface area contributed by atoms with Crippen LogP contribution in [-0.2, 0) is 14.3 Å². The summed E-state index contributed by atoms with van der Waals surface area (Å²) in [6, 6.07) is 7.92. The van der Waals surface area contributed by atoms with Gasteiger partial charge in [0.1, 0.15) is 10.9 Å². The van der Waals surface area contributed by atoms with Crippen LogP contribution < -0.4 is 0 Å². The van der Waals surface area contributed by atoms with Gasteiger partial charge in [-0.05, 0) is 32.7 Å². The molecule has 1 aliphatic heterocycles. The minimum atomic E-state index is -0.321. The minimum Gasteiger partial charge on any atom is -0.464 e. The van der Waals surface area contributed by atoms with E-state index in [9.17, 15) is 9.59 Å². The number of nitrogens with zero attached hydrogens (tertiary/aromatic N) is 2. The molecule has 2 rings (SSSR count). The highest BCUT2D eigenvalue weighted by Gasteiger charge is 2.32. The smallest absolute Gasteiger partial charge is 0.307 e. The van der Waals surface area contributed by atoms with E-state index >= 15 is 0 Å². The lowest BCUT2D eigenvalue weighted by atomic mass is 10.1. The largest absolute Gasteiger partial charge is 0.464 e. The van der Waals surface area contributed by atoms with Crippen molar-refractivity contribution in [3.05, 3.63) is 40.3 Å². The van der Waals surface area contributed by atoms with Crippen LogP contribution >= 0.6 is 24.0 Å². The molecule has 5 nitrogen and oxygen atoms in total. The number of hydrogen-bond acceptors (Lipinski definition) is 6. The molecule has 7 heteroatoms. The average molecular weight is 379 g/mol. The van der Waals surface area contributed by atoms with Crippen LogP contribution in [0.5, 0.6) is 0 Å². The van der Waals surface area contributed by atoms with Gasteiger partial charge in [-0.3, -0.25) is 14.5 Å². The Morgan fingerprint density at radius 1 is 1.32 bits per heavy atom. The van der Waals surface area contributed by atoms with Crippen LogP contribution in [0, 0.1) is 6.92 Å². The van der Waals surface area contributed by atoms with E-state index in [1.54, 1.807) is 0 Å². The van der Waals surface area contributed by atoms with Crippen LogP contribution in [-0.4, -0.2) is 59.8 Å². The highest BCUT2D eigenvalue weighted by Crippen LogP contribution is 2.32. The van der Waals surface area contributed by atoms with Gasteiger partial charge in [0.15, 0.2) is 0 Å². The van der Waals surface area contributed by atoms with E-state index in [2.05, 4.69) is 0 Å². The van der Waals surface area contributed by atoms with Gasteiger partial charge in [0, 0.05) is 13.1 Å². The van der Waals surface area contributed by atoms with Crippen molar-refractivity contribution < 1.29 is 14.3 Å². The van der Waals surface area contributed by atoms with Crippen LogP contribution in [0.2, 0.25) is 0 Å². The molecule has 0 atom stereocenters. The highest BCUT2D eigenvalue weighted by molar-refractivity contribution is 8.26. The Kier molecular flexibility index (Phi) is 7.16.